The molecule has 2 amide bonds. The van der Waals surface area contributed by atoms with Crippen molar-refractivity contribution in [3.63, 3.8) is 0 Å². The fraction of sp³-hybridized carbons (Fsp3) is 0.469. The zero-order valence-electron chi connectivity index (χ0n) is 26.2. The molecule has 1 spiro atoms. The van der Waals surface area contributed by atoms with Crippen LogP contribution in [0, 0.1) is 5.92 Å². The van der Waals surface area contributed by atoms with Gasteiger partial charge in [-0.05, 0) is 55.4 Å². The maximum absolute atomic E-state index is 14.7. The normalized spacial score (nSPS) is 25.7. The highest BCUT2D eigenvalue weighted by molar-refractivity contribution is 6.71. The number of hydrogen-bond acceptors (Lipinski definition) is 9. The summed E-state index contributed by atoms with van der Waals surface area (Å²) in [6.45, 7) is 7.67. The van der Waals surface area contributed by atoms with Gasteiger partial charge in [-0.3, -0.25) is 24.0 Å². The third-order valence-electron chi connectivity index (χ3n) is 9.28. The molecular weight excluding hydrogens is 630 g/mol. The third kappa shape index (κ3) is 5.64. The van der Waals surface area contributed by atoms with Crippen LogP contribution in [0.3, 0.4) is 0 Å². The molecule has 244 valence electrons. The molecule has 46 heavy (non-hydrogen) atoms. The molecule has 12 nitrogen and oxygen atoms in total. The number of aryl methyl sites for hydroxylation is 1. The molecule has 14 heteroatoms. The molecule has 0 bridgehead atoms. The van der Waals surface area contributed by atoms with Gasteiger partial charge in [-0.15, -0.1) is 5.10 Å². The van der Waals surface area contributed by atoms with Gasteiger partial charge in [0, 0.05) is 60.4 Å². The Morgan fingerprint density at radius 2 is 2.00 bits per heavy atom. The quantitative estimate of drug-likeness (QED) is 0.188. The number of esters is 1. The van der Waals surface area contributed by atoms with Crippen molar-refractivity contribution in [2.75, 3.05) is 16.4 Å². The molecule has 2 N–H and O–H groups in total. The predicted octanol–water partition coefficient (Wildman–Crippen LogP) is 3.53. The molecule has 1 unspecified atom stereocenters. The first-order valence-corrected chi connectivity index (χ1v) is 18.8. The fourth-order valence-corrected chi connectivity index (χ4v) is 10.2. The summed E-state index contributed by atoms with van der Waals surface area (Å²) in [6.07, 6.45) is 1.70. The van der Waals surface area contributed by atoms with Crippen LogP contribution in [0.4, 0.5) is 11.4 Å². The summed E-state index contributed by atoms with van der Waals surface area (Å²) in [5, 5.41) is 18.0. The second kappa shape index (κ2) is 12.2. The molecule has 4 heterocycles. The Kier molecular flexibility index (Phi) is 8.57. The Balaban J connectivity index is 1.31. The van der Waals surface area contributed by atoms with Crippen LogP contribution in [0.15, 0.2) is 48.7 Å². The third-order valence-corrected chi connectivity index (χ3v) is 12.0. The van der Waals surface area contributed by atoms with Crippen molar-refractivity contribution in [2.45, 2.75) is 82.8 Å². The van der Waals surface area contributed by atoms with Crippen molar-refractivity contribution in [3.05, 3.63) is 70.5 Å². The Morgan fingerprint density at radius 3 is 2.70 bits per heavy atom. The van der Waals surface area contributed by atoms with Gasteiger partial charge in [0.25, 0.3) is 5.91 Å². The van der Waals surface area contributed by atoms with E-state index in [9.17, 15) is 24.3 Å². The monoisotopic (exact) mass is 667 g/mol. The second-order valence-corrected chi connectivity index (χ2v) is 17.3. The van der Waals surface area contributed by atoms with E-state index in [0.717, 1.165) is 5.56 Å². The van der Waals surface area contributed by atoms with Gasteiger partial charge in [0.15, 0.2) is 20.1 Å². The number of anilines is 2. The zero-order valence-corrected chi connectivity index (χ0v) is 28.0. The van der Waals surface area contributed by atoms with Crippen molar-refractivity contribution in [1.82, 2.24) is 15.0 Å². The number of β-lactam (4-membered cyclic amide) rings is 1. The summed E-state index contributed by atoms with van der Waals surface area (Å²) in [6, 6.07) is 12.6. The van der Waals surface area contributed by atoms with Crippen LogP contribution in [-0.4, -0.2) is 69.9 Å². The molecule has 0 radical (unpaired) electrons. The minimum absolute atomic E-state index is 0.0209. The summed E-state index contributed by atoms with van der Waals surface area (Å²) in [7, 11) is -2.87. The highest BCUT2D eigenvalue weighted by atomic mass is 35.5. The Hall–Kier alpha value is -3.62. The lowest BCUT2D eigenvalue weighted by atomic mass is 9.82. The number of aromatic nitrogens is 3. The van der Waals surface area contributed by atoms with E-state index in [-0.39, 0.29) is 42.8 Å². The maximum Gasteiger partial charge on any atom is 0.304 e. The van der Waals surface area contributed by atoms with Crippen LogP contribution in [0.25, 0.3) is 0 Å². The Bertz CT molecular complexity index is 1680. The molecule has 3 aromatic rings. The average Bonchev–Trinajstić information content (AvgIpc) is 3.62. The van der Waals surface area contributed by atoms with Gasteiger partial charge in [0.05, 0.1) is 30.5 Å². The molecule has 1 aromatic heterocycles. The van der Waals surface area contributed by atoms with Crippen molar-refractivity contribution in [3.8, 4) is 0 Å². The lowest BCUT2D eigenvalue weighted by molar-refractivity contribution is -0.154. The molecule has 2 fully saturated rings. The number of fused-ring (bicyclic) bond motifs is 2. The van der Waals surface area contributed by atoms with Crippen LogP contribution in [-0.2, 0) is 49.0 Å². The Morgan fingerprint density at radius 1 is 1.22 bits per heavy atom. The van der Waals surface area contributed by atoms with Crippen molar-refractivity contribution >= 4 is 49.1 Å². The second-order valence-electron chi connectivity index (χ2n) is 12.8. The number of hydrogen-bond donors (Lipinski definition) is 2. The number of aliphatic hydroxyl groups is 1. The first kappa shape index (κ1) is 32.3. The van der Waals surface area contributed by atoms with Crippen molar-refractivity contribution < 1.29 is 33.8 Å². The summed E-state index contributed by atoms with van der Waals surface area (Å²) in [5.41, 5.74) is 1.73. The minimum atomic E-state index is -2.87. The Labute approximate surface area is 273 Å². The van der Waals surface area contributed by atoms with Crippen LogP contribution >= 0.6 is 11.6 Å². The SMILES string of the molecule is CC(=O)OC1CC(=O)N1c1cccc(CN2C(=O)[C@@]3(O[C@@H](CCn4cc(CCO)nn4)[C@H]([Si](C)(C)O)[C@H]3C)c3cc(Cl)ccc32)c1. The van der Waals surface area contributed by atoms with Crippen LogP contribution in [0.5, 0.6) is 0 Å². The van der Waals surface area contributed by atoms with E-state index >= 15 is 0 Å². The number of carbonyl (C=O) groups excluding carboxylic acids is 3. The smallest absolute Gasteiger partial charge is 0.304 e. The van der Waals surface area contributed by atoms with Crippen LogP contribution in [0.1, 0.15) is 43.5 Å². The number of nitrogens with zero attached hydrogens (tertiary/aromatic N) is 5. The van der Waals surface area contributed by atoms with Gasteiger partial charge in [-0.25, -0.2) is 0 Å². The first-order chi connectivity index (χ1) is 21.8. The predicted molar refractivity (Wildman–Crippen MR) is 171 cm³/mol. The average molecular weight is 668 g/mol. The topological polar surface area (TPSA) is 147 Å². The number of ether oxygens (including phenoxy) is 2. The lowest BCUT2D eigenvalue weighted by Gasteiger charge is -2.39. The van der Waals surface area contributed by atoms with Gasteiger partial charge >= 0.3 is 5.97 Å². The number of rotatable bonds is 10. The standard InChI is InChI=1S/C32H38ClN5O7Si/c1-19-30(46(3,4)43)27(10-12-36-18-23(11-13-39)34-35-36)45-32(19)25-15-22(33)8-9-26(25)37(31(32)42)17-21-6-5-7-24(14-21)38-28(41)16-29(38)44-20(2)40/h5-9,14-15,18-19,27,29-30,39,43H,10-13,16-17H2,1-4H3/t19-,27+,29?,30-,32+/m1/s1. The van der Waals surface area contributed by atoms with E-state index in [1.165, 1.54) is 11.8 Å². The molecular formula is C32H38ClN5O7Si. The first-order valence-electron chi connectivity index (χ1n) is 15.4. The van der Waals surface area contributed by atoms with Gasteiger partial charge in [-0.1, -0.05) is 35.9 Å². The lowest BCUT2D eigenvalue weighted by Crippen LogP contribution is -2.54. The number of carbonyl (C=O) groups is 3. The van der Waals surface area contributed by atoms with Crippen molar-refractivity contribution in [2.24, 2.45) is 5.92 Å². The molecule has 0 saturated carbocycles. The summed E-state index contributed by atoms with van der Waals surface area (Å²) in [5.74, 6) is -1.23. The highest BCUT2D eigenvalue weighted by Gasteiger charge is 2.66. The van der Waals surface area contributed by atoms with Crippen molar-refractivity contribution in [1.29, 1.82) is 0 Å². The zero-order chi connectivity index (χ0) is 33.0. The maximum atomic E-state index is 14.7. The van der Waals surface area contributed by atoms with Gasteiger partial charge in [0.1, 0.15) is 0 Å². The largest absolute Gasteiger partial charge is 0.441 e. The van der Waals surface area contributed by atoms with E-state index in [4.69, 9.17) is 21.1 Å². The summed E-state index contributed by atoms with van der Waals surface area (Å²) >= 11 is 6.53. The van der Waals surface area contributed by atoms with Gasteiger partial charge in [-0.2, -0.15) is 0 Å². The van der Waals surface area contributed by atoms with E-state index in [1.54, 1.807) is 40.0 Å². The molecule has 2 aromatic carbocycles. The number of amides is 2. The highest BCUT2D eigenvalue weighted by Crippen LogP contribution is 2.60. The number of benzene rings is 2. The van der Waals surface area contributed by atoms with E-state index in [2.05, 4.69) is 10.3 Å². The molecule has 0 aliphatic carbocycles. The molecule has 3 aliphatic heterocycles. The van der Waals surface area contributed by atoms with Gasteiger partial charge in [0.2, 0.25) is 5.91 Å². The molecule has 3 aliphatic rings. The van der Waals surface area contributed by atoms with Crippen LogP contribution in [0.2, 0.25) is 23.7 Å². The molecule has 6 rings (SSSR count). The molecule has 2 saturated heterocycles. The molecule has 5 atom stereocenters. The van der Waals surface area contributed by atoms with Crippen LogP contribution < -0.4 is 9.80 Å². The number of aliphatic hydroxyl groups excluding tert-OH is 1. The number of halogens is 1. The van der Waals surface area contributed by atoms with E-state index in [0.29, 0.717) is 47.0 Å². The minimum Gasteiger partial charge on any atom is -0.441 e. The fourth-order valence-electron chi connectivity index (χ4n) is 7.38. The van der Waals surface area contributed by atoms with E-state index < -0.39 is 32.2 Å². The summed E-state index contributed by atoms with van der Waals surface area (Å²) < 4.78 is 13.9. The van der Waals surface area contributed by atoms with Gasteiger partial charge < -0.3 is 24.3 Å². The summed E-state index contributed by atoms with van der Waals surface area (Å²) in [4.78, 5) is 53.4. The van der Waals surface area contributed by atoms with E-state index in [1.807, 2.05) is 38.2 Å².